The van der Waals surface area contributed by atoms with Gasteiger partial charge in [0.1, 0.15) is 0 Å². The van der Waals surface area contributed by atoms with Gasteiger partial charge in [0.05, 0.1) is 5.51 Å². The van der Waals surface area contributed by atoms with E-state index in [-0.39, 0.29) is 6.04 Å². The molecule has 0 aliphatic carbocycles. The molecular formula is C12H13ClN2S. The standard InChI is InChI=1S/C12H13ClN2S/c1-8-3-2-4-10(12(8)13)11(14)5-9-6-15-7-16-9/h2-4,6-7,11H,5,14H2,1H3. The molecule has 1 heterocycles. The lowest BCUT2D eigenvalue weighted by molar-refractivity contribution is 0.728. The molecular weight excluding hydrogens is 240 g/mol. The third-order valence-electron chi connectivity index (χ3n) is 2.53. The molecule has 0 spiro atoms. The zero-order valence-electron chi connectivity index (χ0n) is 8.98. The summed E-state index contributed by atoms with van der Waals surface area (Å²) in [6.07, 6.45) is 2.64. The number of hydrogen-bond acceptors (Lipinski definition) is 3. The highest BCUT2D eigenvalue weighted by Gasteiger charge is 2.12. The maximum atomic E-state index is 6.24. The zero-order chi connectivity index (χ0) is 11.5. The number of aryl methyl sites for hydroxylation is 1. The van der Waals surface area contributed by atoms with Crippen molar-refractivity contribution in [2.24, 2.45) is 5.73 Å². The number of nitrogens with zero attached hydrogens (tertiary/aromatic N) is 1. The first-order valence-corrected chi connectivity index (χ1v) is 6.32. The molecule has 0 bridgehead atoms. The Labute approximate surface area is 104 Å². The van der Waals surface area contributed by atoms with Gasteiger partial charge in [-0.1, -0.05) is 29.8 Å². The summed E-state index contributed by atoms with van der Waals surface area (Å²) >= 11 is 7.86. The summed E-state index contributed by atoms with van der Waals surface area (Å²) in [5.74, 6) is 0. The van der Waals surface area contributed by atoms with E-state index in [4.69, 9.17) is 17.3 Å². The maximum absolute atomic E-state index is 6.24. The number of benzene rings is 1. The first-order valence-electron chi connectivity index (χ1n) is 5.06. The number of aromatic nitrogens is 1. The zero-order valence-corrected chi connectivity index (χ0v) is 10.6. The van der Waals surface area contributed by atoms with Crippen LogP contribution < -0.4 is 5.73 Å². The van der Waals surface area contributed by atoms with Crippen molar-refractivity contribution in [1.82, 2.24) is 4.98 Å². The minimum atomic E-state index is -0.0622. The van der Waals surface area contributed by atoms with E-state index in [9.17, 15) is 0 Å². The average molecular weight is 253 g/mol. The van der Waals surface area contributed by atoms with Gasteiger partial charge in [-0.05, 0) is 18.1 Å². The molecule has 1 aromatic heterocycles. The SMILES string of the molecule is Cc1cccc(C(N)Cc2cncs2)c1Cl. The van der Waals surface area contributed by atoms with Crippen LogP contribution in [0.3, 0.4) is 0 Å². The molecule has 0 fully saturated rings. The van der Waals surface area contributed by atoms with E-state index in [1.165, 1.54) is 4.88 Å². The van der Waals surface area contributed by atoms with Gasteiger partial charge in [-0.15, -0.1) is 11.3 Å². The predicted octanol–water partition coefficient (Wildman–Crippen LogP) is 3.35. The summed E-state index contributed by atoms with van der Waals surface area (Å²) in [5.41, 5.74) is 10.0. The molecule has 1 atom stereocenters. The van der Waals surface area contributed by atoms with Crippen molar-refractivity contribution in [3.63, 3.8) is 0 Å². The van der Waals surface area contributed by atoms with Gasteiger partial charge in [0, 0.05) is 28.6 Å². The number of hydrogen-bond donors (Lipinski definition) is 1. The third kappa shape index (κ3) is 2.43. The number of nitrogens with two attached hydrogens (primary N) is 1. The van der Waals surface area contributed by atoms with Crippen LogP contribution in [0.5, 0.6) is 0 Å². The van der Waals surface area contributed by atoms with E-state index < -0.39 is 0 Å². The Hall–Kier alpha value is -0.900. The second-order valence-electron chi connectivity index (χ2n) is 3.76. The highest BCUT2D eigenvalue weighted by atomic mass is 35.5. The van der Waals surface area contributed by atoms with Crippen LogP contribution in [0, 0.1) is 6.92 Å². The molecule has 0 amide bonds. The molecule has 0 saturated heterocycles. The monoisotopic (exact) mass is 252 g/mol. The molecule has 2 N–H and O–H groups in total. The molecule has 16 heavy (non-hydrogen) atoms. The molecule has 4 heteroatoms. The highest BCUT2D eigenvalue weighted by molar-refractivity contribution is 7.09. The highest BCUT2D eigenvalue weighted by Crippen LogP contribution is 2.27. The quantitative estimate of drug-likeness (QED) is 0.910. The van der Waals surface area contributed by atoms with Crippen molar-refractivity contribution in [2.75, 3.05) is 0 Å². The first-order chi connectivity index (χ1) is 7.68. The normalized spacial score (nSPS) is 12.7. The van der Waals surface area contributed by atoms with E-state index in [1.807, 2.05) is 36.8 Å². The summed E-state index contributed by atoms with van der Waals surface area (Å²) in [6.45, 7) is 1.99. The van der Waals surface area contributed by atoms with E-state index in [2.05, 4.69) is 4.98 Å². The van der Waals surface area contributed by atoms with E-state index in [0.717, 1.165) is 22.6 Å². The topological polar surface area (TPSA) is 38.9 Å². The molecule has 2 aromatic rings. The van der Waals surface area contributed by atoms with Gasteiger partial charge in [-0.2, -0.15) is 0 Å². The Kier molecular flexibility index (Phi) is 3.59. The fourth-order valence-corrected chi connectivity index (χ4v) is 2.55. The largest absolute Gasteiger partial charge is 0.324 e. The smallest absolute Gasteiger partial charge is 0.0794 e. The summed E-state index contributed by atoms with van der Waals surface area (Å²) in [6, 6.07) is 5.91. The second kappa shape index (κ2) is 4.95. The van der Waals surface area contributed by atoms with Crippen molar-refractivity contribution < 1.29 is 0 Å². The fourth-order valence-electron chi connectivity index (χ4n) is 1.63. The molecule has 2 nitrogen and oxygen atoms in total. The van der Waals surface area contributed by atoms with Crippen LogP contribution in [0.25, 0.3) is 0 Å². The van der Waals surface area contributed by atoms with Crippen LogP contribution in [-0.2, 0) is 6.42 Å². The lowest BCUT2D eigenvalue weighted by atomic mass is 10.0. The van der Waals surface area contributed by atoms with Crippen molar-refractivity contribution in [3.8, 4) is 0 Å². The molecule has 84 valence electrons. The van der Waals surface area contributed by atoms with Gasteiger partial charge in [-0.25, -0.2) is 0 Å². The van der Waals surface area contributed by atoms with Crippen molar-refractivity contribution in [2.45, 2.75) is 19.4 Å². The summed E-state index contributed by atoms with van der Waals surface area (Å²) in [5, 5.41) is 0.777. The lowest BCUT2D eigenvalue weighted by Gasteiger charge is -2.13. The van der Waals surface area contributed by atoms with Crippen LogP contribution in [0.2, 0.25) is 5.02 Å². The Balaban J connectivity index is 2.21. The Morgan fingerprint density at radius 1 is 1.50 bits per heavy atom. The van der Waals surface area contributed by atoms with E-state index in [1.54, 1.807) is 11.3 Å². The van der Waals surface area contributed by atoms with Gasteiger partial charge in [0.15, 0.2) is 0 Å². The van der Waals surface area contributed by atoms with Crippen molar-refractivity contribution >= 4 is 22.9 Å². The second-order valence-corrected chi connectivity index (χ2v) is 5.11. The number of thiazole rings is 1. The average Bonchev–Trinajstić information content (AvgIpc) is 2.74. The lowest BCUT2D eigenvalue weighted by Crippen LogP contribution is -2.13. The van der Waals surface area contributed by atoms with E-state index >= 15 is 0 Å². The number of rotatable bonds is 3. The molecule has 0 aliphatic rings. The molecule has 0 aliphatic heterocycles. The van der Waals surface area contributed by atoms with Crippen LogP contribution in [-0.4, -0.2) is 4.98 Å². The van der Waals surface area contributed by atoms with Gasteiger partial charge in [0.25, 0.3) is 0 Å². The molecule has 1 unspecified atom stereocenters. The molecule has 2 rings (SSSR count). The maximum Gasteiger partial charge on any atom is 0.0794 e. The van der Waals surface area contributed by atoms with Gasteiger partial charge >= 0.3 is 0 Å². The van der Waals surface area contributed by atoms with Crippen LogP contribution in [0.4, 0.5) is 0 Å². The minimum Gasteiger partial charge on any atom is -0.324 e. The van der Waals surface area contributed by atoms with Crippen molar-refractivity contribution in [3.05, 3.63) is 50.9 Å². The van der Waals surface area contributed by atoms with Crippen LogP contribution >= 0.6 is 22.9 Å². The van der Waals surface area contributed by atoms with Crippen LogP contribution in [0.15, 0.2) is 29.9 Å². The molecule has 0 radical (unpaired) electrons. The van der Waals surface area contributed by atoms with E-state index in [0.29, 0.717) is 0 Å². The summed E-state index contributed by atoms with van der Waals surface area (Å²) in [7, 11) is 0. The van der Waals surface area contributed by atoms with Gasteiger partial charge < -0.3 is 5.73 Å². The summed E-state index contributed by atoms with van der Waals surface area (Å²) in [4.78, 5) is 5.22. The van der Waals surface area contributed by atoms with Crippen LogP contribution in [0.1, 0.15) is 22.0 Å². The Morgan fingerprint density at radius 3 is 3.00 bits per heavy atom. The molecule has 0 saturated carbocycles. The van der Waals surface area contributed by atoms with Gasteiger partial charge in [0.2, 0.25) is 0 Å². The number of halogens is 1. The fraction of sp³-hybridized carbons (Fsp3) is 0.250. The first kappa shape index (κ1) is 11.6. The third-order valence-corrected chi connectivity index (χ3v) is 3.84. The summed E-state index contributed by atoms with van der Waals surface area (Å²) < 4.78 is 0. The Bertz CT molecular complexity index is 468. The minimum absolute atomic E-state index is 0.0622. The van der Waals surface area contributed by atoms with Crippen molar-refractivity contribution in [1.29, 1.82) is 0 Å². The predicted molar refractivity (Wildman–Crippen MR) is 68.9 cm³/mol. The Morgan fingerprint density at radius 2 is 2.31 bits per heavy atom. The van der Waals surface area contributed by atoms with Gasteiger partial charge in [-0.3, -0.25) is 4.98 Å². The molecule has 1 aromatic carbocycles.